The van der Waals surface area contributed by atoms with Crippen LogP contribution in [0.1, 0.15) is 33.6 Å². The molecule has 2 nitrogen and oxygen atoms in total. The van der Waals surface area contributed by atoms with Crippen LogP contribution in [0.2, 0.25) is 0 Å². The summed E-state index contributed by atoms with van der Waals surface area (Å²) in [6.07, 6.45) is 1.27. The van der Waals surface area contributed by atoms with E-state index in [1.807, 2.05) is 0 Å². The number of hydrogen-bond donors (Lipinski definition) is 2. The molecule has 7 atom stereocenters. The first-order chi connectivity index (χ1) is 7.89. The first kappa shape index (κ1) is 11.7. The highest BCUT2D eigenvalue weighted by molar-refractivity contribution is 5.33. The van der Waals surface area contributed by atoms with E-state index >= 15 is 0 Å². The van der Waals surface area contributed by atoms with Crippen molar-refractivity contribution in [1.82, 2.24) is 0 Å². The molecule has 3 aliphatic carbocycles. The van der Waals surface area contributed by atoms with Gasteiger partial charge in [0.05, 0.1) is 12.2 Å². The highest BCUT2D eigenvalue weighted by atomic mass is 16.3. The number of hydrogen-bond acceptors (Lipinski definition) is 2. The Bertz CT molecular complexity index is 362. The summed E-state index contributed by atoms with van der Waals surface area (Å²) in [6, 6.07) is 0. The molecule has 4 bridgehead atoms. The lowest BCUT2D eigenvalue weighted by Crippen LogP contribution is -2.45. The monoisotopic (exact) mass is 236 g/mol. The zero-order chi connectivity index (χ0) is 12.5. The van der Waals surface area contributed by atoms with Crippen molar-refractivity contribution in [3.05, 3.63) is 12.2 Å². The molecule has 0 aliphatic heterocycles. The maximum absolute atomic E-state index is 10.3. The number of aliphatic hydroxyl groups excluding tert-OH is 2. The Hall–Kier alpha value is -0.340. The number of rotatable bonds is 1. The molecule has 17 heavy (non-hydrogen) atoms. The van der Waals surface area contributed by atoms with Gasteiger partial charge < -0.3 is 10.2 Å². The van der Waals surface area contributed by atoms with Crippen LogP contribution in [0, 0.1) is 35.0 Å². The third-order valence-electron chi connectivity index (χ3n) is 6.13. The minimum Gasteiger partial charge on any atom is -0.390 e. The fraction of sp³-hybridized carbons (Fsp3) is 0.867. The van der Waals surface area contributed by atoms with E-state index in [-0.39, 0.29) is 17.3 Å². The van der Waals surface area contributed by atoms with Gasteiger partial charge in [-0.3, -0.25) is 0 Å². The molecule has 0 saturated heterocycles. The molecule has 0 aromatic rings. The van der Waals surface area contributed by atoms with Crippen LogP contribution >= 0.6 is 0 Å². The summed E-state index contributed by atoms with van der Waals surface area (Å²) in [5.41, 5.74) is 1.30. The molecule has 0 amide bonds. The van der Waals surface area contributed by atoms with E-state index in [4.69, 9.17) is 0 Å². The average molecular weight is 236 g/mol. The van der Waals surface area contributed by atoms with Gasteiger partial charge in [0.2, 0.25) is 0 Å². The van der Waals surface area contributed by atoms with Crippen LogP contribution in [0.5, 0.6) is 0 Å². The molecule has 3 fully saturated rings. The molecular weight excluding hydrogens is 212 g/mol. The van der Waals surface area contributed by atoms with E-state index in [2.05, 4.69) is 27.4 Å². The van der Waals surface area contributed by atoms with Gasteiger partial charge >= 0.3 is 0 Å². The fourth-order valence-electron chi connectivity index (χ4n) is 5.24. The zero-order valence-electron chi connectivity index (χ0n) is 11.1. The number of aliphatic hydroxyl groups is 2. The quantitative estimate of drug-likeness (QED) is 0.685. The van der Waals surface area contributed by atoms with Gasteiger partial charge in [-0.25, -0.2) is 0 Å². The van der Waals surface area contributed by atoms with E-state index in [9.17, 15) is 10.2 Å². The van der Waals surface area contributed by atoms with Gasteiger partial charge in [0.15, 0.2) is 0 Å². The molecule has 0 unspecified atom stereocenters. The Morgan fingerprint density at radius 3 is 2.53 bits per heavy atom. The molecule has 0 aromatic carbocycles. The minimum atomic E-state index is -0.565. The van der Waals surface area contributed by atoms with Crippen LogP contribution in [0.25, 0.3) is 0 Å². The van der Waals surface area contributed by atoms with Crippen LogP contribution < -0.4 is 0 Å². The third-order valence-corrected chi connectivity index (χ3v) is 6.13. The van der Waals surface area contributed by atoms with Crippen LogP contribution in [0.4, 0.5) is 0 Å². The molecule has 0 aromatic heterocycles. The SMILES string of the molecule is C=C1[C@H]2[C@@H](O)[C@@H](O)[C@H]3[C@@H]2[C@@H](C(C)C)CC[C@@]13C. The van der Waals surface area contributed by atoms with Crippen molar-refractivity contribution in [2.75, 3.05) is 0 Å². The highest BCUT2D eigenvalue weighted by Gasteiger charge is 2.68. The zero-order valence-corrected chi connectivity index (χ0v) is 11.1. The maximum Gasteiger partial charge on any atom is 0.0870 e. The summed E-state index contributed by atoms with van der Waals surface area (Å²) in [5.74, 6) is 2.14. The van der Waals surface area contributed by atoms with Gasteiger partial charge in [-0.05, 0) is 36.0 Å². The second kappa shape index (κ2) is 3.36. The molecule has 2 N–H and O–H groups in total. The van der Waals surface area contributed by atoms with Gasteiger partial charge in [-0.1, -0.05) is 32.9 Å². The van der Waals surface area contributed by atoms with Crippen LogP contribution in [-0.2, 0) is 0 Å². The lowest BCUT2D eigenvalue weighted by atomic mass is 9.61. The maximum atomic E-state index is 10.3. The predicted octanol–water partition coefficient (Wildman–Crippen LogP) is 2.21. The van der Waals surface area contributed by atoms with Crippen molar-refractivity contribution < 1.29 is 10.2 Å². The molecule has 2 heteroatoms. The van der Waals surface area contributed by atoms with Crippen molar-refractivity contribution in [1.29, 1.82) is 0 Å². The second-order valence-corrected chi connectivity index (χ2v) is 7.00. The van der Waals surface area contributed by atoms with Crippen molar-refractivity contribution in [3.8, 4) is 0 Å². The predicted molar refractivity (Wildman–Crippen MR) is 67.3 cm³/mol. The van der Waals surface area contributed by atoms with E-state index in [1.54, 1.807) is 0 Å². The van der Waals surface area contributed by atoms with Crippen molar-refractivity contribution >= 4 is 0 Å². The molecule has 0 spiro atoms. The smallest absolute Gasteiger partial charge is 0.0870 e. The molecule has 3 rings (SSSR count). The fourth-order valence-corrected chi connectivity index (χ4v) is 5.24. The second-order valence-electron chi connectivity index (χ2n) is 7.00. The van der Waals surface area contributed by atoms with Crippen molar-refractivity contribution in [3.63, 3.8) is 0 Å². The van der Waals surface area contributed by atoms with E-state index < -0.39 is 12.2 Å². The first-order valence-electron chi connectivity index (χ1n) is 6.95. The Kier molecular flexibility index (Phi) is 2.32. The summed E-state index contributed by atoms with van der Waals surface area (Å²) in [4.78, 5) is 0. The summed E-state index contributed by atoms with van der Waals surface area (Å²) >= 11 is 0. The van der Waals surface area contributed by atoms with Gasteiger partial charge in [-0.2, -0.15) is 0 Å². The average Bonchev–Trinajstić information content (AvgIpc) is 2.58. The van der Waals surface area contributed by atoms with Gasteiger partial charge in [0.1, 0.15) is 0 Å². The normalized spacial score (nSPS) is 56.9. The van der Waals surface area contributed by atoms with Crippen LogP contribution in [0.15, 0.2) is 12.2 Å². The Labute approximate surface area is 104 Å². The molecule has 96 valence electrons. The highest BCUT2D eigenvalue weighted by Crippen LogP contribution is 2.69. The minimum absolute atomic E-state index is 0.0827. The molecule has 0 heterocycles. The van der Waals surface area contributed by atoms with E-state index in [0.29, 0.717) is 17.8 Å². The summed E-state index contributed by atoms with van der Waals surface area (Å²) in [6.45, 7) is 11.0. The lowest BCUT2D eigenvalue weighted by Gasteiger charge is -2.45. The summed E-state index contributed by atoms with van der Waals surface area (Å²) in [5, 5.41) is 20.5. The largest absolute Gasteiger partial charge is 0.390 e. The summed E-state index contributed by atoms with van der Waals surface area (Å²) < 4.78 is 0. The summed E-state index contributed by atoms with van der Waals surface area (Å²) in [7, 11) is 0. The third kappa shape index (κ3) is 1.18. The first-order valence-corrected chi connectivity index (χ1v) is 6.95. The topological polar surface area (TPSA) is 40.5 Å². The van der Waals surface area contributed by atoms with Crippen molar-refractivity contribution in [2.24, 2.45) is 35.0 Å². The van der Waals surface area contributed by atoms with Gasteiger partial charge in [0.25, 0.3) is 0 Å². The van der Waals surface area contributed by atoms with E-state index in [1.165, 1.54) is 12.0 Å². The van der Waals surface area contributed by atoms with Gasteiger partial charge in [0, 0.05) is 11.8 Å². The Balaban J connectivity index is 2.06. The standard InChI is InChI=1S/C15H24O2/c1-7(2)9-5-6-15(4)8(3)10-11(9)12(15)14(17)13(10)16/h7,9-14,16-17H,3,5-6H2,1-2,4H3/t9-,10-,11-,12-,13-,14+,15+/m1/s1. The molecular formula is C15H24O2. The Morgan fingerprint density at radius 1 is 1.29 bits per heavy atom. The van der Waals surface area contributed by atoms with Crippen molar-refractivity contribution in [2.45, 2.75) is 45.8 Å². The lowest BCUT2D eigenvalue weighted by molar-refractivity contribution is -0.0499. The molecule has 0 radical (unpaired) electrons. The molecule has 3 saturated carbocycles. The Morgan fingerprint density at radius 2 is 1.94 bits per heavy atom. The van der Waals surface area contributed by atoms with Crippen LogP contribution in [0.3, 0.4) is 0 Å². The van der Waals surface area contributed by atoms with Gasteiger partial charge in [-0.15, -0.1) is 0 Å². The van der Waals surface area contributed by atoms with E-state index in [0.717, 1.165) is 6.42 Å². The molecule has 3 aliphatic rings. The van der Waals surface area contributed by atoms with Crippen LogP contribution in [-0.4, -0.2) is 22.4 Å².